The third kappa shape index (κ3) is 3.04. The fourth-order valence-corrected chi connectivity index (χ4v) is 1.33. The van der Waals surface area contributed by atoms with E-state index in [9.17, 15) is 0 Å². The van der Waals surface area contributed by atoms with Crippen LogP contribution in [0, 0.1) is 0 Å². The third-order valence-corrected chi connectivity index (χ3v) is 1.97. The van der Waals surface area contributed by atoms with E-state index in [2.05, 4.69) is 0 Å². The van der Waals surface area contributed by atoms with Crippen molar-refractivity contribution in [3.63, 3.8) is 0 Å². The lowest BCUT2D eigenvalue weighted by Gasteiger charge is -2.08. The van der Waals surface area contributed by atoms with E-state index in [1.54, 1.807) is 18.2 Å². The first-order valence-corrected chi connectivity index (χ1v) is 4.45. The van der Waals surface area contributed by atoms with Gasteiger partial charge >= 0.3 is 0 Å². The smallest absolute Gasteiger partial charge is 0.156 e. The second kappa shape index (κ2) is 5.29. The monoisotopic (exact) mass is 221 g/mol. The summed E-state index contributed by atoms with van der Waals surface area (Å²) >= 11 is 11.6. The fourth-order valence-electron chi connectivity index (χ4n) is 0.819. The van der Waals surface area contributed by atoms with E-state index >= 15 is 0 Å². The average Bonchev–Trinajstić information content (AvgIpc) is 2.10. The van der Waals surface area contributed by atoms with Gasteiger partial charge in [-0.15, -0.1) is 0 Å². The molecule has 2 N–H and O–H groups in total. The molecule has 0 bridgehead atoms. The molecule has 0 aliphatic carbocycles. The zero-order valence-electron chi connectivity index (χ0n) is 6.76. The predicted molar refractivity (Wildman–Crippen MR) is 51.7 cm³/mol. The van der Waals surface area contributed by atoms with E-state index in [0.29, 0.717) is 28.9 Å². The number of hydrogen-bond acceptors (Lipinski definition) is 3. The van der Waals surface area contributed by atoms with Crippen LogP contribution in [-0.2, 0) is 0 Å². The number of rotatable bonds is 4. The van der Waals surface area contributed by atoms with E-state index < -0.39 is 0 Å². The number of ether oxygens (including phenoxy) is 1. The SMILES string of the molecule is ONCCOc1c(Cl)cccc1Cl. The lowest BCUT2D eigenvalue weighted by Crippen LogP contribution is -2.16. The van der Waals surface area contributed by atoms with Crippen LogP contribution < -0.4 is 10.2 Å². The summed E-state index contributed by atoms with van der Waals surface area (Å²) in [5, 5.41) is 9.21. The largest absolute Gasteiger partial charge is 0.489 e. The number of benzene rings is 1. The molecule has 0 spiro atoms. The summed E-state index contributed by atoms with van der Waals surface area (Å²) in [5.74, 6) is 0.445. The molecule has 0 aliphatic heterocycles. The van der Waals surface area contributed by atoms with Crippen LogP contribution in [0.2, 0.25) is 10.0 Å². The molecular weight excluding hydrogens is 213 g/mol. The van der Waals surface area contributed by atoms with Crippen LogP contribution in [-0.4, -0.2) is 18.4 Å². The predicted octanol–water partition coefficient (Wildman–Crippen LogP) is 2.35. The average molecular weight is 222 g/mol. The van der Waals surface area contributed by atoms with Gasteiger partial charge in [0.15, 0.2) is 5.75 Å². The van der Waals surface area contributed by atoms with Crippen LogP contribution in [0.1, 0.15) is 0 Å². The third-order valence-electron chi connectivity index (χ3n) is 1.38. The van der Waals surface area contributed by atoms with Crippen molar-refractivity contribution in [3.05, 3.63) is 28.2 Å². The van der Waals surface area contributed by atoms with Gasteiger partial charge in [0.05, 0.1) is 16.6 Å². The lowest BCUT2D eigenvalue weighted by atomic mass is 10.3. The normalized spacial score (nSPS) is 10.1. The van der Waals surface area contributed by atoms with E-state index in [0.717, 1.165) is 0 Å². The van der Waals surface area contributed by atoms with Crippen molar-refractivity contribution in [2.24, 2.45) is 0 Å². The van der Waals surface area contributed by atoms with E-state index in [1.165, 1.54) is 0 Å². The minimum Gasteiger partial charge on any atom is -0.489 e. The highest BCUT2D eigenvalue weighted by atomic mass is 35.5. The Morgan fingerprint density at radius 1 is 1.31 bits per heavy atom. The van der Waals surface area contributed by atoms with Gasteiger partial charge < -0.3 is 9.94 Å². The standard InChI is InChI=1S/C8H9Cl2NO2/c9-6-2-1-3-7(10)8(6)13-5-4-11-12/h1-3,11-12H,4-5H2. The van der Waals surface area contributed by atoms with Crippen LogP contribution >= 0.6 is 23.2 Å². The number of hydroxylamine groups is 1. The van der Waals surface area contributed by atoms with Gasteiger partial charge in [0.25, 0.3) is 0 Å². The number of halogens is 2. The Labute approximate surface area is 86.2 Å². The fraction of sp³-hybridized carbons (Fsp3) is 0.250. The maximum Gasteiger partial charge on any atom is 0.156 e. The summed E-state index contributed by atoms with van der Waals surface area (Å²) in [6, 6.07) is 5.12. The van der Waals surface area contributed by atoms with Gasteiger partial charge in [-0.2, -0.15) is 0 Å². The highest BCUT2D eigenvalue weighted by molar-refractivity contribution is 6.37. The highest BCUT2D eigenvalue weighted by Gasteiger charge is 2.05. The van der Waals surface area contributed by atoms with Gasteiger partial charge in [-0.1, -0.05) is 29.3 Å². The Morgan fingerprint density at radius 3 is 2.46 bits per heavy atom. The Morgan fingerprint density at radius 2 is 1.92 bits per heavy atom. The summed E-state index contributed by atoms with van der Waals surface area (Å²) in [5.41, 5.74) is 1.97. The van der Waals surface area contributed by atoms with Crippen LogP contribution in [0.3, 0.4) is 0 Å². The topological polar surface area (TPSA) is 41.5 Å². The molecule has 1 aromatic rings. The second-order valence-corrected chi connectivity index (χ2v) is 3.12. The molecule has 1 aromatic carbocycles. The molecule has 0 saturated carbocycles. The van der Waals surface area contributed by atoms with Crippen molar-refractivity contribution in [1.82, 2.24) is 5.48 Å². The Balaban J connectivity index is 2.64. The van der Waals surface area contributed by atoms with Crippen molar-refractivity contribution < 1.29 is 9.94 Å². The van der Waals surface area contributed by atoms with Crippen LogP contribution in [0.25, 0.3) is 0 Å². The summed E-state index contributed by atoms with van der Waals surface area (Å²) in [4.78, 5) is 0. The Kier molecular flexibility index (Phi) is 4.32. The van der Waals surface area contributed by atoms with Crippen molar-refractivity contribution >= 4 is 23.2 Å². The first kappa shape index (κ1) is 10.6. The minimum absolute atomic E-state index is 0.306. The van der Waals surface area contributed by atoms with Crippen LogP contribution in [0.4, 0.5) is 0 Å². The first-order chi connectivity index (χ1) is 6.25. The van der Waals surface area contributed by atoms with E-state index in [4.69, 9.17) is 33.1 Å². The molecule has 72 valence electrons. The summed E-state index contributed by atoms with van der Waals surface area (Å²) in [6.07, 6.45) is 0. The molecule has 0 radical (unpaired) electrons. The molecule has 1 rings (SSSR count). The molecule has 0 heterocycles. The van der Waals surface area contributed by atoms with Gasteiger partial charge in [0.1, 0.15) is 6.61 Å². The zero-order valence-corrected chi connectivity index (χ0v) is 8.27. The summed E-state index contributed by atoms with van der Waals surface area (Å²) < 4.78 is 5.22. The van der Waals surface area contributed by atoms with Crippen LogP contribution in [0.5, 0.6) is 5.75 Å². The quantitative estimate of drug-likeness (QED) is 0.606. The number of nitrogens with one attached hydrogen (secondary N) is 1. The zero-order chi connectivity index (χ0) is 9.68. The van der Waals surface area contributed by atoms with Crippen molar-refractivity contribution in [1.29, 1.82) is 0 Å². The Bertz CT molecular complexity index is 261. The molecule has 13 heavy (non-hydrogen) atoms. The molecule has 0 aromatic heterocycles. The molecule has 0 saturated heterocycles. The second-order valence-electron chi connectivity index (χ2n) is 2.31. The van der Waals surface area contributed by atoms with E-state index in [1.807, 2.05) is 5.48 Å². The van der Waals surface area contributed by atoms with Gasteiger partial charge in [-0.25, -0.2) is 5.48 Å². The molecular formula is C8H9Cl2NO2. The van der Waals surface area contributed by atoms with Gasteiger partial charge in [0, 0.05) is 0 Å². The molecule has 3 nitrogen and oxygen atoms in total. The maximum absolute atomic E-state index is 8.29. The van der Waals surface area contributed by atoms with E-state index in [-0.39, 0.29) is 0 Å². The number of hydrogen-bond donors (Lipinski definition) is 2. The maximum atomic E-state index is 8.29. The molecule has 0 amide bonds. The van der Waals surface area contributed by atoms with Gasteiger partial charge in [-0.05, 0) is 12.1 Å². The van der Waals surface area contributed by atoms with Gasteiger partial charge in [-0.3, -0.25) is 0 Å². The molecule has 0 aliphatic rings. The highest BCUT2D eigenvalue weighted by Crippen LogP contribution is 2.31. The first-order valence-electron chi connectivity index (χ1n) is 3.69. The lowest BCUT2D eigenvalue weighted by molar-refractivity contribution is 0.145. The van der Waals surface area contributed by atoms with Crippen LogP contribution in [0.15, 0.2) is 18.2 Å². The van der Waals surface area contributed by atoms with Crippen molar-refractivity contribution in [2.45, 2.75) is 0 Å². The molecule has 5 heteroatoms. The van der Waals surface area contributed by atoms with Crippen molar-refractivity contribution in [2.75, 3.05) is 13.2 Å². The van der Waals surface area contributed by atoms with Crippen molar-refractivity contribution in [3.8, 4) is 5.75 Å². The number of para-hydroxylation sites is 1. The molecule has 0 fully saturated rings. The summed E-state index contributed by atoms with van der Waals surface area (Å²) in [6.45, 7) is 0.626. The van der Waals surface area contributed by atoms with Gasteiger partial charge in [0.2, 0.25) is 0 Å². The molecule has 0 unspecified atom stereocenters. The molecule has 0 atom stereocenters. The minimum atomic E-state index is 0.306. The summed E-state index contributed by atoms with van der Waals surface area (Å²) in [7, 11) is 0. The Hall–Kier alpha value is -0.480.